The van der Waals surface area contributed by atoms with Gasteiger partial charge in [0, 0.05) is 32.7 Å². The average Bonchev–Trinajstić information content (AvgIpc) is 3.43. The third kappa shape index (κ3) is 4.69. The zero-order valence-electron chi connectivity index (χ0n) is 23.0. The molecule has 7 atom stereocenters. The highest BCUT2D eigenvalue weighted by molar-refractivity contribution is 5.98. The third-order valence-electron chi connectivity index (χ3n) is 9.00. The summed E-state index contributed by atoms with van der Waals surface area (Å²) in [6.07, 6.45) is 4.32. The number of morpholine rings is 1. The van der Waals surface area contributed by atoms with Gasteiger partial charge in [-0.1, -0.05) is 19.1 Å². The molecule has 0 aromatic carbocycles. The molecule has 4 aliphatic rings. The van der Waals surface area contributed by atoms with Gasteiger partial charge >= 0.3 is 5.97 Å². The van der Waals surface area contributed by atoms with Gasteiger partial charge in [-0.25, -0.2) is 0 Å². The van der Waals surface area contributed by atoms with Crippen LogP contribution < -0.4 is 0 Å². The predicted molar refractivity (Wildman–Crippen MR) is 140 cm³/mol. The van der Waals surface area contributed by atoms with Crippen LogP contribution in [-0.4, -0.2) is 120 Å². The van der Waals surface area contributed by atoms with Crippen LogP contribution in [0.25, 0.3) is 0 Å². The second-order valence-corrected chi connectivity index (χ2v) is 11.3. The Hall–Kier alpha value is -2.27. The Morgan fingerprint density at radius 3 is 2.63 bits per heavy atom. The molecule has 3 unspecified atom stereocenters. The van der Waals surface area contributed by atoms with Crippen molar-refractivity contribution in [3.8, 4) is 0 Å². The summed E-state index contributed by atoms with van der Waals surface area (Å²) in [6.45, 7) is 17.3. The molecule has 4 aliphatic heterocycles. The Morgan fingerprint density at radius 2 is 2.00 bits per heavy atom. The number of nitrogens with zero attached hydrogens (tertiary/aromatic N) is 3. The maximum atomic E-state index is 14.4. The first kappa shape index (κ1) is 28.7. The Morgan fingerprint density at radius 1 is 1.29 bits per heavy atom. The van der Waals surface area contributed by atoms with Crippen LogP contribution in [0, 0.1) is 17.8 Å². The number of hydrogen-bond donors (Lipinski definition) is 1. The molecule has 0 radical (unpaired) electrons. The molecule has 1 N–H and O–H groups in total. The smallest absolute Gasteiger partial charge is 0.312 e. The molecule has 38 heavy (non-hydrogen) atoms. The summed E-state index contributed by atoms with van der Waals surface area (Å²) >= 11 is 0. The molecule has 1 spiro atoms. The van der Waals surface area contributed by atoms with Gasteiger partial charge < -0.3 is 29.1 Å². The van der Waals surface area contributed by atoms with Crippen LogP contribution in [0.5, 0.6) is 0 Å². The zero-order chi connectivity index (χ0) is 27.7. The second-order valence-electron chi connectivity index (χ2n) is 11.3. The second kappa shape index (κ2) is 11.5. The number of ether oxygens (including phenoxy) is 3. The van der Waals surface area contributed by atoms with Crippen molar-refractivity contribution in [1.82, 2.24) is 14.7 Å². The lowest BCUT2D eigenvalue weighted by molar-refractivity contribution is -0.163. The maximum absolute atomic E-state index is 14.4. The number of rotatable bonds is 12. The van der Waals surface area contributed by atoms with E-state index in [1.165, 1.54) is 4.90 Å². The minimum Gasteiger partial charge on any atom is -0.465 e. The first-order chi connectivity index (χ1) is 18.2. The standard InChI is InChI=1S/C28H43N3O7/c1-6-8-14-37-26(35)22-21-24(33)31(20(4)18-32)23(28(21)17-19(3)27(22,5)38-28)25(34)30(9-7-2)11-10-29-12-15-36-16-13-29/h6-7,19-23,32H,1-2,8-18H2,3-5H3/t19?,20-,21+,22+,23?,27-,28?/m1/s1. The summed E-state index contributed by atoms with van der Waals surface area (Å²) in [5, 5.41) is 10.1. The van der Waals surface area contributed by atoms with Gasteiger partial charge in [-0.15, -0.1) is 13.2 Å². The van der Waals surface area contributed by atoms with Gasteiger partial charge in [0.15, 0.2) is 0 Å². The van der Waals surface area contributed by atoms with Gasteiger partial charge in [-0.3, -0.25) is 19.3 Å². The molecular weight excluding hydrogens is 490 g/mol. The lowest BCUT2D eigenvalue weighted by Gasteiger charge is -2.39. The quantitative estimate of drug-likeness (QED) is 0.223. The van der Waals surface area contributed by atoms with Crippen LogP contribution in [0.15, 0.2) is 25.3 Å². The Labute approximate surface area is 225 Å². The molecule has 0 aromatic heterocycles. The zero-order valence-corrected chi connectivity index (χ0v) is 23.0. The molecular formula is C28H43N3O7. The van der Waals surface area contributed by atoms with Gasteiger partial charge in [0.25, 0.3) is 0 Å². The van der Waals surface area contributed by atoms with Crippen LogP contribution in [0.1, 0.15) is 33.6 Å². The van der Waals surface area contributed by atoms with Crippen molar-refractivity contribution in [2.75, 3.05) is 59.2 Å². The summed E-state index contributed by atoms with van der Waals surface area (Å²) in [4.78, 5) is 47.3. The van der Waals surface area contributed by atoms with E-state index in [9.17, 15) is 19.5 Å². The number of fused-ring (bicyclic) bond motifs is 1. The summed E-state index contributed by atoms with van der Waals surface area (Å²) in [5.74, 6) is -2.83. The van der Waals surface area contributed by atoms with Crippen LogP contribution >= 0.6 is 0 Å². The number of amides is 2. The van der Waals surface area contributed by atoms with E-state index in [2.05, 4.69) is 18.1 Å². The van der Waals surface area contributed by atoms with E-state index < -0.39 is 41.1 Å². The van der Waals surface area contributed by atoms with Gasteiger partial charge in [0.2, 0.25) is 11.8 Å². The average molecular weight is 534 g/mol. The fourth-order valence-corrected chi connectivity index (χ4v) is 6.92. The van der Waals surface area contributed by atoms with Crippen molar-refractivity contribution < 1.29 is 33.7 Å². The molecule has 0 aliphatic carbocycles. The molecule has 2 amide bonds. The van der Waals surface area contributed by atoms with E-state index in [-0.39, 0.29) is 30.9 Å². The highest BCUT2D eigenvalue weighted by Gasteiger charge is 2.80. The largest absolute Gasteiger partial charge is 0.465 e. The van der Waals surface area contributed by atoms with Crippen molar-refractivity contribution in [3.05, 3.63) is 25.3 Å². The fraction of sp³-hybridized carbons (Fsp3) is 0.750. The molecule has 10 heteroatoms. The minimum absolute atomic E-state index is 0.0793. The molecule has 4 rings (SSSR count). The molecule has 4 heterocycles. The Kier molecular flexibility index (Phi) is 8.66. The normalized spacial score (nSPS) is 35.2. The number of aliphatic hydroxyl groups excluding tert-OH is 1. The molecule has 10 nitrogen and oxygen atoms in total. The van der Waals surface area contributed by atoms with Crippen molar-refractivity contribution in [2.45, 2.75) is 56.9 Å². The number of aliphatic hydroxyl groups is 1. The number of hydrogen-bond acceptors (Lipinski definition) is 8. The van der Waals surface area contributed by atoms with Crippen molar-refractivity contribution >= 4 is 17.8 Å². The molecule has 4 fully saturated rings. The van der Waals surface area contributed by atoms with Crippen molar-refractivity contribution in [2.24, 2.45) is 17.8 Å². The molecule has 0 aromatic rings. The highest BCUT2D eigenvalue weighted by Crippen LogP contribution is 2.65. The molecule has 212 valence electrons. The number of esters is 1. The molecule has 4 saturated heterocycles. The SMILES string of the molecule is C=CCCOC(=O)[C@@H]1[C@H]2C(=O)N([C@H](C)CO)C(C(=O)N(CC=C)CCN3CCOCC3)C23CC(C)[C@@]1(C)O3. The topological polar surface area (TPSA) is 109 Å². The van der Waals surface area contributed by atoms with E-state index >= 15 is 0 Å². The van der Waals surface area contributed by atoms with Crippen LogP contribution in [0.2, 0.25) is 0 Å². The minimum atomic E-state index is -1.17. The van der Waals surface area contributed by atoms with Crippen molar-refractivity contribution in [3.63, 3.8) is 0 Å². The first-order valence-electron chi connectivity index (χ1n) is 13.8. The van der Waals surface area contributed by atoms with Crippen LogP contribution in [0.3, 0.4) is 0 Å². The van der Waals surface area contributed by atoms with E-state index in [4.69, 9.17) is 14.2 Å². The van der Waals surface area contributed by atoms with Crippen LogP contribution in [-0.2, 0) is 28.6 Å². The summed E-state index contributed by atoms with van der Waals surface area (Å²) in [7, 11) is 0. The first-order valence-corrected chi connectivity index (χ1v) is 13.8. The lowest BCUT2D eigenvalue weighted by Crippen LogP contribution is -2.59. The monoisotopic (exact) mass is 533 g/mol. The summed E-state index contributed by atoms with van der Waals surface area (Å²) in [6, 6.07) is -1.58. The predicted octanol–water partition coefficient (Wildman–Crippen LogP) is 0.844. The van der Waals surface area contributed by atoms with Gasteiger partial charge in [-0.05, 0) is 32.6 Å². The fourth-order valence-electron chi connectivity index (χ4n) is 6.92. The van der Waals surface area contributed by atoms with E-state index in [0.29, 0.717) is 45.7 Å². The maximum Gasteiger partial charge on any atom is 0.312 e. The van der Waals surface area contributed by atoms with Crippen LogP contribution in [0.4, 0.5) is 0 Å². The van der Waals surface area contributed by atoms with Gasteiger partial charge in [0.1, 0.15) is 17.6 Å². The number of carbonyl (C=O) groups is 3. The van der Waals surface area contributed by atoms with E-state index in [1.807, 2.05) is 13.8 Å². The van der Waals surface area contributed by atoms with Crippen molar-refractivity contribution in [1.29, 1.82) is 0 Å². The van der Waals surface area contributed by atoms with Gasteiger partial charge in [0.05, 0.1) is 44.0 Å². The Bertz CT molecular complexity index is 937. The molecule has 0 saturated carbocycles. The third-order valence-corrected chi connectivity index (χ3v) is 9.00. The number of carbonyl (C=O) groups excluding carboxylic acids is 3. The number of likely N-dealkylation sites (tertiary alicyclic amines) is 1. The van der Waals surface area contributed by atoms with E-state index in [0.717, 1.165) is 13.1 Å². The molecule has 2 bridgehead atoms. The van der Waals surface area contributed by atoms with E-state index in [1.54, 1.807) is 24.0 Å². The lowest BCUT2D eigenvalue weighted by atomic mass is 9.62. The Balaban J connectivity index is 1.68. The summed E-state index contributed by atoms with van der Waals surface area (Å²) < 4.78 is 17.7. The highest BCUT2D eigenvalue weighted by atomic mass is 16.6. The summed E-state index contributed by atoms with van der Waals surface area (Å²) in [5.41, 5.74) is -2.11. The van der Waals surface area contributed by atoms with Gasteiger partial charge in [-0.2, -0.15) is 0 Å².